The van der Waals surface area contributed by atoms with Crippen LogP contribution in [-0.2, 0) is 0 Å². The second-order valence-corrected chi connectivity index (χ2v) is 6.68. The van der Waals surface area contributed by atoms with E-state index in [0.29, 0.717) is 5.92 Å². The highest BCUT2D eigenvalue weighted by molar-refractivity contribution is 5.98. The van der Waals surface area contributed by atoms with Gasteiger partial charge in [-0.05, 0) is 56.9 Å². The van der Waals surface area contributed by atoms with Crippen LogP contribution in [0.3, 0.4) is 0 Å². The molecule has 0 spiro atoms. The van der Waals surface area contributed by atoms with Gasteiger partial charge in [0.2, 0.25) is 0 Å². The number of hydrogen-bond acceptors (Lipinski definition) is 2. The quantitative estimate of drug-likeness (QED) is 0.920. The maximum Gasteiger partial charge on any atom is 0.253 e. The minimum Gasteiger partial charge on any atom is -0.361 e. The third-order valence-electron chi connectivity index (χ3n) is 4.89. The van der Waals surface area contributed by atoms with E-state index in [4.69, 9.17) is 0 Å². The second-order valence-electron chi connectivity index (χ2n) is 6.68. The summed E-state index contributed by atoms with van der Waals surface area (Å²) in [5.41, 5.74) is 1.48. The van der Waals surface area contributed by atoms with E-state index >= 15 is 0 Å². The monoisotopic (exact) mass is 295 g/mol. The summed E-state index contributed by atoms with van der Waals surface area (Å²) < 4.78 is 0. The molecule has 1 saturated heterocycles. The van der Waals surface area contributed by atoms with Crippen molar-refractivity contribution in [1.29, 1.82) is 5.26 Å². The Hall–Kier alpha value is -2.28. The number of nitrogens with zero attached hydrogens (tertiary/aromatic N) is 2. The molecule has 2 heterocycles. The van der Waals surface area contributed by atoms with E-state index in [1.54, 1.807) is 0 Å². The van der Waals surface area contributed by atoms with Crippen molar-refractivity contribution in [3.63, 3.8) is 0 Å². The summed E-state index contributed by atoms with van der Waals surface area (Å²) in [5, 5.41) is 10.3. The van der Waals surface area contributed by atoms with Crippen LogP contribution in [0, 0.1) is 22.7 Å². The maximum absolute atomic E-state index is 12.6. The Bertz CT molecular complexity index is 730. The molecule has 0 atom stereocenters. The fourth-order valence-electron chi connectivity index (χ4n) is 3.26. The van der Waals surface area contributed by atoms with Gasteiger partial charge in [-0.15, -0.1) is 0 Å². The molecular formula is C18H21N3O. The van der Waals surface area contributed by atoms with Crippen LogP contribution >= 0.6 is 0 Å². The zero-order valence-electron chi connectivity index (χ0n) is 13.1. The van der Waals surface area contributed by atoms with Crippen molar-refractivity contribution < 1.29 is 4.79 Å². The van der Waals surface area contributed by atoms with E-state index in [1.807, 2.05) is 49.2 Å². The highest BCUT2D eigenvalue weighted by atomic mass is 16.2. The zero-order chi connectivity index (χ0) is 15.7. The minimum atomic E-state index is -0.306. The normalized spacial score (nSPS) is 16.7. The molecule has 0 saturated carbocycles. The van der Waals surface area contributed by atoms with Crippen LogP contribution < -0.4 is 0 Å². The van der Waals surface area contributed by atoms with Crippen LogP contribution in [-0.4, -0.2) is 28.9 Å². The average molecular weight is 295 g/mol. The van der Waals surface area contributed by atoms with Gasteiger partial charge >= 0.3 is 0 Å². The Morgan fingerprint density at radius 1 is 1.32 bits per heavy atom. The van der Waals surface area contributed by atoms with Gasteiger partial charge < -0.3 is 9.88 Å². The number of aromatic nitrogens is 1. The third kappa shape index (κ3) is 2.59. The summed E-state index contributed by atoms with van der Waals surface area (Å²) in [4.78, 5) is 17.7. The number of rotatable bonds is 2. The summed E-state index contributed by atoms with van der Waals surface area (Å²) in [6.45, 7) is 5.46. The molecule has 0 unspecified atom stereocenters. The second kappa shape index (κ2) is 5.49. The third-order valence-corrected chi connectivity index (χ3v) is 4.89. The van der Waals surface area contributed by atoms with Crippen molar-refractivity contribution in [1.82, 2.24) is 9.88 Å². The first kappa shape index (κ1) is 14.6. The van der Waals surface area contributed by atoms with Crippen molar-refractivity contribution in [2.45, 2.75) is 26.7 Å². The molecule has 1 aromatic heterocycles. The molecule has 0 bridgehead atoms. The summed E-state index contributed by atoms with van der Waals surface area (Å²) in [6.07, 6.45) is 3.69. The van der Waals surface area contributed by atoms with Gasteiger partial charge in [0.05, 0.1) is 11.5 Å². The van der Waals surface area contributed by atoms with Gasteiger partial charge in [0.1, 0.15) is 0 Å². The number of likely N-dealkylation sites (tertiary alicyclic amines) is 1. The Morgan fingerprint density at radius 2 is 2.05 bits per heavy atom. The van der Waals surface area contributed by atoms with Crippen LogP contribution in [0.25, 0.3) is 10.9 Å². The largest absolute Gasteiger partial charge is 0.361 e. The molecule has 114 valence electrons. The van der Waals surface area contributed by atoms with E-state index in [0.717, 1.165) is 42.4 Å². The molecule has 0 radical (unpaired) electrons. The topological polar surface area (TPSA) is 59.9 Å². The molecule has 1 amide bonds. The number of carbonyl (C=O) groups is 1. The van der Waals surface area contributed by atoms with E-state index in [2.05, 4.69) is 11.1 Å². The first-order chi connectivity index (χ1) is 10.5. The van der Waals surface area contributed by atoms with Crippen molar-refractivity contribution in [3.8, 4) is 6.07 Å². The Balaban J connectivity index is 1.71. The van der Waals surface area contributed by atoms with E-state index in [9.17, 15) is 10.1 Å². The molecule has 0 aliphatic carbocycles. The molecule has 4 nitrogen and oxygen atoms in total. The van der Waals surface area contributed by atoms with Gasteiger partial charge in [0.15, 0.2) is 0 Å². The number of fused-ring (bicyclic) bond motifs is 1. The first-order valence-corrected chi connectivity index (χ1v) is 7.79. The number of benzene rings is 1. The van der Waals surface area contributed by atoms with Crippen LogP contribution in [0.1, 0.15) is 37.0 Å². The Labute approximate surface area is 130 Å². The number of nitrogens with one attached hydrogen (secondary N) is 1. The number of piperidine rings is 1. The maximum atomic E-state index is 12.6. The lowest BCUT2D eigenvalue weighted by Gasteiger charge is -2.37. The summed E-state index contributed by atoms with van der Waals surface area (Å²) >= 11 is 0. The summed E-state index contributed by atoms with van der Waals surface area (Å²) in [7, 11) is 0. The first-order valence-electron chi connectivity index (χ1n) is 7.79. The minimum absolute atomic E-state index is 0.0938. The van der Waals surface area contributed by atoms with Gasteiger partial charge in [-0.2, -0.15) is 5.26 Å². The zero-order valence-corrected chi connectivity index (χ0v) is 13.1. The molecule has 4 heteroatoms. The van der Waals surface area contributed by atoms with Gasteiger partial charge in [0, 0.05) is 35.8 Å². The highest BCUT2D eigenvalue weighted by Gasteiger charge is 2.33. The van der Waals surface area contributed by atoms with Gasteiger partial charge in [0.25, 0.3) is 5.91 Å². The Morgan fingerprint density at radius 3 is 2.73 bits per heavy atom. The fourth-order valence-corrected chi connectivity index (χ4v) is 3.26. The van der Waals surface area contributed by atoms with Gasteiger partial charge in [-0.1, -0.05) is 0 Å². The van der Waals surface area contributed by atoms with Crippen LogP contribution in [0.4, 0.5) is 0 Å². The van der Waals surface area contributed by atoms with Crippen LogP contribution in [0.15, 0.2) is 30.5 Å². The van der Waals surface area contributed by atoms with Crippen molar-refractivity contribution >= 4 is 16.8 Å². The Kier molecular flexibility index (Phi) is 3.66. The number of amides is 1. The molecule has 2 aromatic rings. The summed E-state index contributed by atoms with van der Waals surface area (Å²) in [6, 6.07) is 10.2. The fraction of sp³-hybridized carbons (Fsp3) is 0.444. The highest BCUT2D eigenvalue weighted by Crippen LogP contribution is 2.34. The van der Waals surface area contributed by atoms with E-state index in [-0.39, 0.29) is 11.3 Å². The SMILES string of the molecule is CC(C)(C#N)C1CCN(C(=O)c2ccc3[nH]ccc3c2)CC1. The molecule has 1 N–H and O–H groups in total. The van der Waals surface area contributed by atoms with Gasteiger partial charge in [-0.25, -0.2) is 0 Å². The van der Waals surface area contributed by atoms with E-state index < -0.39 is 0 Å². The smallest absolute Gasteiger partial charge is 0.253 e. The molecule has 1 aromatic carbocycles. The summed E-state index contributed by atoms with van der Waals surface area (Å²) in [5.74, 6) is 0.463. The molecule has 1 fully saturated rings. The number of carbonyl (C=O) groups excluding carboxylic acids is 1. The predicted octanol–water partition coefficient (Wildman–Crippen LogP) is 3.57. The average Bonchev–Trinajstić information content (AvgIpc) is 3.02. The van der Waals surface area contributed by atoms with Crippen molar-refractivity contribution in [2.24, 2.45) is 11.3 Å². The molecule has 22 heavy (non-hydrogen) atoms. The molecular weight excluding hydrogens is 274 g/mol. The number of H-pyrrole nitrogens is 1. The van der Waals surface area contributed by atoms with Crippen LogP contribution in [0.5, 0.6) is 0 Å². The van der Waals surface area contributed by atoms with Crippen LogP contribution in [0.2, 0.25) is 0 Å². The standard InChI is InChI=1S/C18H21N3O/c1-18(2,12-19)15-6-9-21(10-7-15)17(22)14-3-4-16-13(11-14)5-8-20-16/h3-5,8,11,15,20H,6-7,9-10H2,1-2H3. The van der Waals surface area contributed by atoms with E-state index in [1.165, 1.54) is 0 Å². The predicted molar refractivity (Wildman–Crippen MR) is 86.3 cm³/mol. The molecule has 1 aliphatic heterocycles. The lowest BCUT2D eigenvalue weighted by molar-refractivity contribution is 0.0638. The number of nitriles is 1. The van der Waals surface area contributed by atoms with Crippen molar-refractivity contribution in [2.75, 3.05) is 13.1 Å². The van der Waals surface area contributed by atoms with Crippen molar-refractivity contribution in [3.05, 3.63) is 36.0 Å². The number of hydrogen-bond donors (Lipinski definition) is 1. The molecule has 3 rings (SSSR count). The lowest BCUT2D eigenvalue weighted by atomic mass is 9.75. The lowest BCUT2D eigenvalue weighted by Crippen LogP contribution is -2.41. The number of aromatic amines is 1. The van der Waals surface area contributed by atoms with Gasteiger partial charge in [-0.3, -0.25) is 4.79 Å². The molecule has 1 aliphatic rings.